The highest BCUT2D eigenvalue weighted by atomic mass is 14.5. The Kier molecular flexibility index (Phi) is 4.49. The van der Waals surface area contributed by atoms with Crippen LogP contribution in [0.5, 0.6) is 0 Å². The van der Waals surface area contributed by atoms with E-state index in [4.69, 9.17) is 0 Å². The maximum Gasteiger partial charge on any atom is -0.0226 e. The highest BCUT2D eigenvalue weighted by Crippen LogP contribution is 2.54. The molecule has 0 radical (unpaired) electrons. The maximum atomic E-state index is 2.54. The first kappa shape index (κ1) is 14.1. The van der Waals surface area contributed by atoms with Gasteiger partial charge in [0.15, 0.2) is 0 Å². The van der Waals surface area contributed by atoms with E-state index in [1.807, 2.05) is 0 Å². The van der Waals surface area contributed by atoms with Gasteiger partial charge >= 0.3 is 0 Å². The molecule has 1 aliphatic carbocycles. The summed E-state index contributed by atoms with van der Waals surface area (Å²) in [6.07, 6.45) is 8.60. The van der Waals surface area contributed by atoms with E-state index in [0.29, 0.717) is 10.8 Å². The van der Waals surface area contributed by atoms with Gasteiger partial charge in [0.1, 0.15) is 0 Å². The number of hydrogen-bond acceptors (Lipinski definition) is 0. The zero-order chi connectivity index (χ0) is 12.4. The van der Waals surface area contributed by atoms with Gasteiger partial charge in [0.25, 0.3) is 0 Å². The van der Waals surface area contributed by atoms with E-state index >= 15 is 0 Å². The van der Waals surface area contributed by atoms with Crippen molar-refractivity contribution in [3.8, 4) is 0 Å². The Morgan fingerprint density at radius 2 is 1.44 bits per heavy atom. The Balaban J connectivity index is 2.91. The van der Waals surface area contributed by atoms with Crippen molar-refractivity contribution < 1.29 is 0 Å². The van der Waals surface area contributed by atoms with E-state index in [1.54, 1.807) is 0 Å². The lowest BCUT2D eigenvalue weighted by molar-refractivity contribution is -0.0140. The van der Waals surface area contributed by atoms with Gasteiger partial charge in [-0.25, -0.2) is 0 Å². The van der Waals surface area contributed by atoms with Crippen LogP contribution < -0.4 is 0 Å². The number of hydrogen-bond donors (Lipinski definition) is 0. The summed E-state index contributed by atoms with van der Waals surface area (Å²) in [5, 5.41) is 0. The zero-order valence-electron chi connectivity index (χ0n) is 12.4. The molecule has 0 heteroatoms. The molecule has 0 aromatic carbocycles. The van der Waals surface area contributed by atoms with Gasteiger partial charge in [-0.15, -0.1) is 0 Å². The summed E-state index contributed by atoms with van der Waals surface area (Å²) in [6.45, 7) is 14.7. The minimum atomic E-state index is 0.443. The third kappa shape index (κ3) is 2.31. The standard InChI is InChI=1S/C16H32/c1-7-16(8-2,15(4,5)6)13(3)14-11-9-10-12-14/h13-14H,7-12H2,1-6H3. The van der Waals surface area contributed by atoms with E-state index in [-0.39, 0.29) is 0 Å². The lowest BCUT2D eigenvalue weighted by Crippen LogP contribution is -2.43. The molecule has 1 unspecified atom stereocenters. The van der Waals surface area contributed by atoms with Crippen LogP contribution in [0.15, 0.2) is 0 Å². The van der Waals surface area contributed by atoms with Crippen LogP contribution in [0.3, 0.4) is 0 Å². The largest absolute Gasteiger partial charge is 0.0648 e. The topological polar surface area (TPSA) is 0 Å². The van der Waals surface area contributed by atoms with Gasteiger partial charge in [-0.2, -0.15) is 0 Å². The van der Waals surface area contributed by atoms with Crippen molar-refractivity contribution in [3.63, 3.8) is 0 Å². The van der Waals surface area contributed by atoms with Crippen LogP contribution in [0.4, 0.5) is 0 Å². The predicted octanol–water partition coefficient (Wildman–Crippen LogP) is 5.67. The van der Waals surface area contributed by atoms with Crippen LogP contribution in [0.2, 0.25) is 0 Å². The fourth-order valence-corrected chi connectivity index (χ4v) is 4.55. The maximum absolute atomic E-state index is 2.54. The molecule has 0 aromatic heterocycles. The van der Waals surface area contributed by atoms with Crippen molar-refractivity contribution in [2.24, 2.45) is 22.7 Å². The van der Waals surface area contributed by atoms with Crippen LogP contribution in [0.1, 0.15) is 80.1 Å². The molecular weight excluding hydrogens is 192 g/mol. The minimum absolute atomic E-state index is 0.443. The third-order valence-electron chi connectivity index (χ3n) is 5.73. The smallest absolute Gasteiger partial charge is 0.0226 e. The Hall–Kier alpha value is 0. The molecule has 0 saturated heterocycles. The second kappa shape index (κ2) is 5.10. The molecule has 1 saturated carbocycles. The van der Waals surface area contributed by atoms with Gasteiger partial charge in [-0.3, -0.25) is 0 Å². The highest BCUT2D eigenvalue weighted by molar-refractivity contribution is 4.95. The molecule has 1 rings (SSSR count). The van der Waals surface area contributed by atoms with Gasteiger partial charge in [0.05, 0.1) is 0 Å². The Morgan fingerprint density at radius 1 is 1.00 bits per heavy atom. The third-order valence-corrected chi connectivity index (χ3v) is 5.73. The average molecular weight is 224 g/mol. The first-order chi connectivity index (χ1) is 7.39. The lowest BCUT2D eigenvalue weighted by atomic mass is 9.54. The second-order valence-corrected chi connectivity index (χ2v) is 6.95. The van der Waals surface area contributed by atoms with Crippen molar-refractivity contribution in [1.82, 2.24) is 0 Å². The van der Waals surface area contributed by atoms with E-state index in [0.717, 1.165) is 11.8 Å². The molecule has 96 valence electrons. The second-order valence-electron chi connectivity index (χ2n) is 6.95. The van der Waals surface area contributed by atoms with E-state index < -0.39 is 0 Å². The predicted molar refractivity (Wildman–Crippen MR) is 73.6 cm³/mol. The van der Waals surface area contributed by atoms with Gasteiger partial charge in [0.2, 0.25) is 0 Å². The number of rotatable bonds is 4. The van der Waals surface area contributed by atoms with Crippen molar-refractivity contribution in [1.29, 1.82) is 0 Å². The van der Waals surface area contributed by atoms with Gasteiger partial charge in [-0.1, -0.05) is 67.2 Å². The van der Waals surface area contributed by atoms with Crippen LogP contribution in [-0.2, 0) is 0 Å². The van der Waals surface area contributed by atoms with E-state index in [1.165, 1.54) is 38.5 Å². The molecule has 0 spiro atoms. The molecular formula is C16H32. The molecule has 0 aromatic rings. The molecule has 1 atom stereocenters. The summed E-state index contributed by atoms with van der Waals surface area (Å²) in [7, 11) is 0. The fraction of sp³-hybridized carbons (Fsp3) is 1.00. The summed E-state index contributed by atoms with van der Waals surface area (Å²) < 4.78 is 0. The van der Waals surface area contributed by atoms with Crippen molar-refractivity contribution in [2.45, 2.75) is 80.1 Å². The molecule has 0 amide bonds. The van der Waals surface area contributed by atoms with Gasteiger partial charge < -0.3 is 0 Å². The quantitative estimate of drug-likeness (QED) is 0.577. The fourth-order valence-electron chi connectivity index (χ4n) is 4.55. The molecule has 1 aliphatic rings. The molecule has 0 nitrogen and oxygen atoms in total. The Labute approximate surface area is 103 Å². The van der Waals surface area contributed by atoms with Crippen LogP contribution in [-0.4, -0.2) is 0 Å². The molecule has 0 heterocycles. The van der Waals surface area contributed by atoms with Crippen molar-refractivity contribution in [3.05, 3.63) is 0 Å². The van der Waals surface area contributed by atoms with Crippen molar-refractivity contribution in [2.75, 3.05) is 0 Å². The molecule has 16 heavy (non-hydrogen) atoms. The van der Waals surface area contributed by atoms with Crippen molar-refractivity contribution >= 4 is 0 Å². The van der Waals surface area contributed by atoms with E-state index in [2.05, 4.69) is 41.5 Å². The first-order valence-corrected chi connectivity index (χ1v) is 7.39. The van der Waals surface area contributed by atoms with Gasteiger partial charge in [0, 0.05) is 0 Å². The first-order valence-electron chi connectivity index (χ1n) is 7.39. The summed E-state index contributed by atoms with van der Waals surface area (Å²) in [5.74, 6) is 1.89. The molecule has 0 aliphatic heterocycles. The zero-order valence-corrected chi connectivity index (χ0v) is 12.4. The van der Waals surface area contributed by atoms with Gasteiger partial charge in [-0.05, 0) is 35.5 Å². The molecule has 1 fully saturated rings. The Bertz CT molecular complexity index is 199. The monoisotopic (exact) mass is 224 g/mol. The summed E-state index contributed by atoms with van der Waals surface area (Å²) in [5.41, 5.74) is 0.987. The molecule has 0 N–H and O–H groups in total. The summed E-state index contributed by atoms with van der Waals surface area (Å²) in [4.78, 5) is 0. The van der Waals surface area contributed by atoms with Crippen LogP contribution in [0, 0.1) is 22.7 Å². The van der Waals surface area contributed by atoms with Crippen LogP contribution in [0.25, 0.3) is 0 Å². The SMILES string of the molecule is CCC(CC)(C(C)C1CCCC1)C(C)(C)C. The average Bonchev–Trinajstić information content (AvgIpc) is 2.70. The summed E-state index contributed by atoms with van der Waals surface area (Å²) in [6, 6.07) is 0. The molecule has 0 bridgehead atoms. The normalized spacial score (nSPS) is 21.4. The highest BCUT2D eigenvalue weighted by Gasteiger charge is 2.45. The lowest BCUT2D eigenvalue weighted by Gasteiger charge is -2.51. The Morgan fingerprint density at radius 3 is 1.75 bits per heavy atom. The minimum Gasteiger partial charge on any atom is -0.0648 e. The van der Waals surface area contributed by atoms with E-state index in [9.17, 15) is 0 Å². The summed E-state index contributed by atoms with van der Waals surface area (Å²) >= 11 is 0. The van der Waals surface area contributed by atoms with Crippen LogP contribution >= 0.6 is 0 Å².